The Kier molecular flexibility index (Phi) is 4.01. The SMILES string of the molecule is Oc1ccccc1Cc1nc(Cc2cccc(Br)c2)no1. The molecule has 0 aliphatic rings. The Labute approximate surface area is 130 Å². The van der Waals surface area contributed by atoms with Crippen molar-refractivity contribution < 1.29 is 9.63 Å². The second kappa shape index (κ2) is 6.10. The Morgan fingerprint density at radius 2 is 1.90 bits per heavy atom. The summed E-state index contributed by atoms with van der Waals surface area (Å²) in [5, 5.41) is 13.7. The Balaban J connectivity index is 1.73. The topological polar surface area (TPSA) is 59.2 Å². The molecule has 0 saturated carbocycles. The summed E-state index contributed by atoms with van der Waals surface area (Å²) >= 11 is 3.44. The number of hydrogen-bond donors (Lipinski definition) is 1. The maximum Gasteiger partial charge on any atom is 0.231 e. The van der Waals surface area contributed by atoms with Crippen LogP contribution < -0.4 is 0 Å². The zero-order valence-electron chi connectivity index (χ0n) is 11.2. The lowest BCUT2D eigenvalue weighted by Gasteiger charge is -1.99. The Morgan fingerprint density at radius 3 is 2.71 bits per heavy atom. The molecule has 2 aromatic carbocycles. The third-order valence-electron chi connectivity index (χ3n) is 3.09. The van der Waals surface area contributed by atoms with Gasteiger partial charge in [0.25, 0.3) is 0 Å². The first kappa shape index (κ1) is 13.8. The summed E-state index contributed by atoms with van der Waals surface area (Å²) in [5.41, 5.74) is 1.88. The minimum absolute atomic E-state index is 0.240. The second-order valence-electron chi connectivity index (χ2n) is 4.72. The minimum Gasteiger partial charge on any atom is -0.508 e. The van der Waals surface area contributed by atoms with Gasteiger partial charge in [0.15, 0.2) is 5.82 Å². The zero-order chi connectivity index (χ0) is 14.7. The first-order valence-electron chi connectivity index (χ1n) is 6.53. The number of nitrogens with zero attached hydrogens (tertiary/aromatic N) is 2. The number of para-hydroxylation sites is 1. The highest BCUT2D eigenvalue weighted by molar-refractivity contribution is 9.10. The highest BCUT2D eigenvalue weighted by Gasteiger charge is 2.10. The number of phenolic OH excluding ortho intramolecular Hbond substituents is 1. The molecule has 3 rings (SSSR count). The number of phenols is 1. The average molecular weight is 345 g/mol. The molecule has 0 saturated heterocycles. The summed E-state index contributed by atoms with van der Waals surface area (Å²) in [6, 6.07) is 15.1. The van der Waals surface area contributed by atoms with Gasteiger partial charge in [-0.1, -0.05) is 51.4 Å². The lowest BCUT2D eigenvalue weighted by Crippen LogP contribution is -1.92. The van der Waals surface area contributed by atoms with Crippen molar-refractivity contribution in [1.82, 2.24) is 10.1 Å². The monoisotopic (exact) mass is 344 g/mol. The van der Waals surface area contributed by atoms with Crippen molar-refractivity contribution in [1.29, 1.82) is 0 Å². The smallest absolute Gasteiger partial charge is 0.231 e. The predicted molar refractivity (Wildman–Crippen MR) is 82.2 cm³/mol. The molecule has 106 valence electrons. The molecule has 0 radical (unpaired) electrons. The molecule has 0 unspecified atom stereocenters. The molecule has 4 nitrogen and oxygen atoms in total. The third-order valence-corrected chi connectivity index (χ3v) is 3.59. The summed E-state index contributed by atoms with van der Waals surface area (Å²) in [5.74, 6) is 1.38. The molecule has 0 atom stereocenters. The van der Waals surface area contributed by atoms with E-state index in [1.54, 1.807) is 12.1 Å². The van der Waals surface area contributed by atoms with E-state index in [0.29, 0.717) is 24.6 Å². The van der Waals surface area contributed by atoms with E-state index in [-0.39, 0.29) is 5.75 Å². The van der Waals surface area contributed by atoms with Crippen LogP contribution in [0.4, 0.5) is 0 Å². The molecule has 0 aliphatic heterocycles. The normalized spacial score (nSPS) is 10.7. The Bertz CT molecular complexity index is 755. The number of rotatable bonds is 4. The quantitative estimate of drug-likeness (QED) is 0.783. The van der Waals surface area contributed by atoms with Crippen molar-refractivity contribution in [3.63, 3.8) is 0 Å². The standard InChI is InChI=1S/C16H13BrN2O2/c17-13-6-3-4-11(8-13)9-15-18-16(21-19-15)10-12-5-1-2-7-14(12)20/h1-8,20H,9-10H2. The van der Waals surface area contributed by atoms with Crippen LogP contribution in [0, 0.1) is 0 Å². The number of benzene rings is 2. The maximum absolute atomic E-state index is 9.75. The van der Waals surface area contributed by atoms with E-state index in [4.69, 9.17) is 4.52 Å². The third kappa shape index (κ3) is 3.49. The van der Waals surface area contributed by atoms with Crippen molar-refractivity contribution in [3.05, 3.63) is 75.8 Å². The summed E-state index contributed by atoms with van der Waals surface area (Å²) in [4.78, 5) is 4.37. The van der Waals surface area contributed by atoms with Crippen LogP contribution in [0.3, 0.4) is 0 Å². The van der Waals surface area contributed by atoms with E-state index < -0.39 is 0 Å². The minimum atomic E-state index is 0.240. The fourth-order valence-electron chi connectivity index (χ4n) is 2.09. The lowest BCUT2D eigenvalue weighted by atomic mass is 10.1. The number of hydrogen-bond acceptors (Lipinski definition) is 4. The largest absolute Gasteiger partial charge is 0.508 e. The molecule has 1 aromatic heterocycles. The van der Waals surface area contributed by atoms with E-state index in [9.17, 15) is 5.11 Å². The first-order valence-corrected chi connectivity index (χ1v) is 7.33. The van der Waals surface area contributed by atoms with Gasteiger partial charge in [-0.15, -0.1) is 0 Å². The molecule has 1 N–H and O–H groups in total. The van der Waals surface area contributed by atoms with Gasteiger partial charge in [-0.25, -0.2) is 0 Å². The van der Waals surface area contributed by atoms with Crippen LogP contribution in [0.25, 0.3) is 0 Å². The Hall–Kier alpha value is -2.14. The van der Waals surface area contributed by atoms with Crippen LogP contribution in [0.2, 0.25) is 0 Å². The van der Waals surface area contributed by atoms with Crippen molar-refractivity contribution in [2.45, 2.75) is 12.8 Å². The fraction of sp³-hybridized carbons (Fsp3) is 0.125. The predicted octanol–water partition coefficient (Wildman–Crippen LogP) is 3.72. The summed E-state index contributed by atoms with van der Waals surface area (Å²) < 4.78 is 6.27. The molecule has 21 heavy (non-hydrogen) atoms. The Morgan fingerprint density at radius 1 is 1.05 bits per heavy atom. The summed E-state index contributed by atoms with van der Waals surface area (Å²) in [7, 11) is 0. The van der Waals surface area contributed by atoms with Crippen LogP contribution in [0.1, 0.15) is 22.8 Å². The van der Waals surface area contributed by atoms with Crippen LogP contribution in [0.5, 0.6) is 5.75 Å². The van der Waals surface area contributed by atoms with E-state index in [0.717, 1.165) is 15.6 Å². The zero-order valence-corrected chi connectivity index (χ0v) is 12.7. The van der Waals surface area contributed by atoms with Gasteiger partial charge in [-0.2, -0.15) is 4.98 Å². The molecule has 3 aromatic rings. The van der Waals surface area contributed by atoms with Crippen LogP contribution >= 0.6 is 15.9 Å². The molecule has 0 amide bonds. The number of halogens is 1. The highest BCUT2D eigenvalue weighted by Crippen LogP contribution is 2.19. The van der Waals surface area contributed by atoms with Crippen molar-refractivity contribution in [2.75, 3.05) is 0 Å². The van der Waals surface area contributed by atoms with Gasteiger partial charge >= 0.3 is 0 Å². The molecular formula is C16H13BrN2O2. The molecule has 0 spiro atoms. The van der Waals surface area contributed by atoms with Crippen molar-refractivity contribution >= 4 is 15.9 Å². The lowest BCUT2D eigenvalue weighted by molar-refractivity contribution is 0.378. The van der Waals surface area contributed by atoms with Crippen molar-refractivity contribution in [3.8, 4) is 5.75 Å². The van der Waals surface area contributed by atoms with E-state index in [1.807, 2.05) is 36.4 Å². The summed E-state index contributed by atoms with van der Waals surface area (Å²) in [6.07, 6.45) is 1.04. The molecular weight excluding hydrogens is 332 g/mol. The van der Waals surface area contributed by atoms with E-state index >= 15 is 0 Å². The highest BCUT2D eigenvalue weighted by atomic mass is 79.9. The van der Waals surface area contributed by atoms with Crippen molar-refractivity contribution in [2.24, 2.45) is 0 Å². The van der Waals surface area contributed by atoms with Gasteiger partial charge in [-0.05, 0) is 23.8 Å². The average Bonchev–Trinajstić information content (AvgIpc) is 2.89. The van der Waals surface area contributed by atoms with Crippen LogP contribution in [0.15, 0.2) is 57.5 Å². The van der Waals surface area contributed by atoms with E-state index in [1.165, 1.54) is 0 Å². The van der Waals surface area contributed by atoms with Gasteiger partial charge < -0.3 is 9.63 Å². The summed E-state index contributed by atoms with van der Waals surface area (Å²) in [6.45, 7) is 0. The number of aromatic hydroxyl groups is 1. The van der Waals surface area contributed by atoms with Gasteiger partial charge in [-0.3, -0.25) is 0 Å². The number of aromatic nitrogens is 2. The molecule has 1 heterocycles. The van der Waals surface area contributed by atoms with Gasteiger partial charge in [0.1, 0.15) is 5.75 Å². The van der Waals surface area contributed by atoms with Gasteiger partial charge in [0.2, 0.25) is 5.89 Å². The molecule has 0 aliphatic carbocycles. The maximum atomic E-state index is 9.75. The van der Waals surface area contributed by atoms with Gasteiger partial charge in [0, 0.05) is 16.5 Å². The molecule has 0 fully saturated rings. The van der Waals surface area contributed by atoms with Gasteiger partial charge in [0.05, 0.1) is 6.42 Å². The van der Waals surface area contributed by atoms with E-state index in [2.05, 4.69) is 26.1 Å². The molecule has 5 heteroatoms. The first-order chi connectivity index (χ1) is 10.2. The molecule has 0 bridgehead atoms. The van der Waals surface area contributed by atoms with Crippen LogP contribution in [-0.4, -0.2) is 15.2 Å². The van der Waals surface area contributed by atoms with Crippen LogP contribution in [-0.2, 0) is 12.8 Å². The second-order valence-corrected chi connectivity index (χ2v) is 5.63. The fourth-order valence-corrected chi connectivity index (χ4v) is 2.53.